The Labute approximate surface area is 98.6 Å². The van der Waals surface area contributed by atoms with Crippen LogP contribution in [0.1, 0.15) is 39.0 Å². The number of primary amides is 1. The van der Waals surface area contributed by atoms with Gasteiger partial charge in [-0.3, -0.25) is 9.69 Å². The maximum atomic E-state index is 11.5. The molecule has 0 radical (unpaired) electrons. The SMILES string of the molecule is CCCCCC(C(N)=O)N1CCCNCC1. The molecule has 1 unspecified atom stereocenters. The zero-order valence-corrected chi connectivity index (χ0v) is 10.4. The normalized spacial score (nSPS) is 20.3. The maximum Gasteiger partial charge on any atom is 0.234 e. The fourth-order valence-corrected chi connectivity index (χ4v) is 2.27. The smallest absolute Gasteiger partial charge is 0.234 e. The number of hydrogen-bond acceptors (Lipinski definition) is 3. The summed E-state index contributed by atoms with van der Waals surface area (Å²) in [5.41, 5.74) is 5.50. The fraction of sp³-hybridized carbons (Fsp3) is 0.917. The first-order valence-corrected chi connectivity index (χ1v) is 6.49. The Bertz CT molecular complexity index is 200. The molecule has 0 bridgehead atoms. The molecule has 3 N–H and O–H groups in total. The summed E-state index contributed by atoms with van der Waals surface area (Å²) in [4.78, 5) is 13.7. The Kier molecular flexibility index (Phi) is 6.42. The monoisotopic (exact) mass is 227 g/mol. The molecule has 1 heterocycles. The highest BCUT2D eigenvalue weighted by Gasteiger charge is 2.23. The largest absolute Gasteiger partial charge is 0.368 e. The van der Waals surface area contributed by atoms with Crippen LogP contribution in [-0.2, 0) is 4.79 Å². The van der Waals surface area contributed by atoms with Gasteiger partial charge in [0.2, 0.25) is 5.91 Å². The Morgan fingerprint density at radius 2 is 2.19 bits per heavy atom. The van der Waals surface area contributed by atoms with Crippen LogP contribution < -0.4 is 11.1 Å². The molecule has 1 amide bonds. The number of carbonyl (C=O) groups excluding carboxylic acids is 1. The molecule has 0 aliphatic carbocycles. The molecule has 1 atom stereocenters. The molecule has 0 aromatic carbocycles. The predicted octanol–water partition coefficient (Wildman–Crippen LogP) is 0.716. The third kappa shape index (κ3) is 4.49. The van der Waals surface area contributed by atoms with Crippen molar-refractivity contribution in [3.8, 4) is 0 Å². The predicted molar refractivity (Wildman–Crippen MR) is 66.2 cm³/mol. The zero-order valence-electron chi connectivity index (χ0n) is 10.4. The molecular formula is C12H25N3O. The van der Waals surface area contributed by atoms with E-state index in [1.165, 1.54) is 12.8 Å². The summed E-state index contributed by atoms with van der Waals surface area (Å²) < 4.78 is 0. The first-order chi connectivity index (χ1) is 7.75. The van der Waals surface area contributed by atoms with Crippen molar-refractivity contribution in [1.82, 2.24) is 10.2 Å². The van der Waals surface area contributed by atoms with Crippen molar-refractivity contribution < 1.29 is 4.79 Å². The van der Waals surface area contributed by atoms with Gasteiger partial charge in [0.1, 0.15) is 0 Å². The quantitative estimate of drug-likeness (QED) is 0.657. The van der Waals surface area contributed by atoms with Crippen molar-refractivity contribution >= 4 is 5.91 Å². The standard InChI is InChI=1S/C12H25N3O/c1-2-3-4-6-11(12(13)16)15-9-5-7-14-8-10-15/h11,14H,2-10H2,1H3,(H2,13,16). The third-order valence-corrected chi connectivity index (χ3v) is 3.22. The second kappa shape index (κ2) is 7.63. The van der Waals surface area contributed by atoms with Gasteiger partial charge >= 0.3 is 0 Å². The lowest BCUT2D eigenvalue weighted by atomic mass is 10.1. The minimum atomic E-state index is -0.155. The van der Waals surface area contributed by atoms with Crippen LogP contribution in [-0.4, -0.2) is 43.0 Å². The molecule has 4 nitrogen and oxygen atoms in total. The summed E-state index contributed by atoms with van der Waals surface area (Å²) in [7, 11) is 0. The van der Waals surface area contributed by atoms with Crippen molar-refractivity contribution in [3.05, 3.63) is 0 Å². The van der Waals surface area contributed by atoms with Gasteiger partial charge < -0.3 is 11.1 Å². The van der Waals surface area contributed by atoms with E-state index in [4.69, 9.17) is 5.73 Å². The average molecular weight is 227 g/mol. The molecular weight excluding hydrogens is 202 g/mol. The first kappa shape index (κ1) is 13.5. The summed E-state index contributed by atoms with van der Waals surface area (Å²) in [5.74, 6) is -0.155. The van der Waals surface area contributed by atoms with Gasteiger partial charge in [-0.15, -0.1) is 0 Å². The van der Waals surface area contributed by atoms with Gasteiger partial charge in [-0.1, -0.05) is 26.2 Å². The van der Waals surface area contributed by atoms with E-state index in [0.29, 0.717) is 0 Å². The van der Waals surface area contributed by atoms with Crippen molar-refractivity contribution in [3.63, 3.8) is 0 Å². The Balaban J connectivity index is 2.43. The van der Waals surface area contributed by atoms with Crippen LogP contribution in [0.4, 0.5) is 0 Å². The summed E-state index contributed by atoms with van der Waals surface area (Å²) in [6, 6.07) is -0.0496. The van der Waals surface area contributed by atoms with E-state index in [2.05, 4.69) is 17.1 Å². The molecule has 1 aliphatic heterocycles. The molecule has 1 rings (SSSR count). The van der Waals surface area contributed by atoms with Crippen molar-refractivity contribution in [2.24, 2.45) is 5.73 Å². The van der Waals surface area contributed by atoms with Crippen LogP contribution in [0.5, 0.6) is 0 Å². The van der Waals surface area contributed by atoms with Gasteiger partial charge in [-0.2, -0.15) is 0 Å². The summed E-state index contributed by atoms with van der Waals surface area (Å²) in [6.07, 6.45) is 5.51. The van der Waals surface area contributed by atoms with E-state index in [0.717, 1.165) is 45.4 Å². The Morgan fingerprint density at radius 1 is 1.38 bits per heavy atom. The van der Waals surface area contributed by atoms with E-state index in [1.807, 2.05) is 0 Å². The van der Waals surface area contributed by atoms with E-state index < -0.39 is 0 Å². The summed E-state index contributed by atoms with van der Waals surface area (Å²) >= 11 is 0. The third-order valence-electron chi connectivity index (χ3n) is 3.22. The molecule has 4 heteroatoms. The number of amides is 1. The van der Waals surface area contributed by atoms with E-state index in [1.54, 1.807) is 0 Å². The maximum absolute atomic E-state index is 11.5. The lowest BCUT2D eigenvalue weighted by molar-refractivity contribution is -0.123. The number of rotatable bonds is 6. The highest BCUT2D eigenvalue weighted by Crippen LogP contribution is 2.11. The second-order valence-electron chi connectivity index (χ2n) is 4.55. The highest BCUT2D eigenvalue weighted by molar-refractivity contribution is 5.79. The molecule has 1 aliphatic rings. The van der Waals surface area contributed by atoms with Crippen LogP contribution >= 0.6 is 0 Å². The minimum absolute atomic E-state index is 0.0496. The molecule has 0 aromatic rings. The van der Waals surface area contributed by atoms with Crippen LogP contribution in [0.2, 0.25) is 0 Å². The lowest BCUT2D eigenvalue weighted by Crippen LogP contribution is -2.46. The van der Waals surface area contributed by atoms with Crippen LogP contribution in [0, 0.1) is 0 Å². The van der Waals surface area contributed by atoms with Crippen molar-refractivity contribution in [1.29, 1.82) is 0 Å². The van der Waals surface area contributed by atoms with Crippen molar-refractivity contribution in [2.75, 3.05) is 26.2 Å². The second-order valence-corrected chi connectivity index (χ2v) is 4.55. The number of unbranched alkanes of at least 4 members (excludes halogenated alkanes) is 2. The van der Waals surface area contributed by atoms with Crippen molar-refractivity contribution in [2.45, 2.75) is 45.1 Å². The number of nitrogens with zero attached hydrogens (tertiary/aromatic N) is 1. The average Bonchev–Trinajstić information content (AvgIpc) is 2.52. The van der Waals surface area contributed by atoms with Gasteiger partial charge in [-0.05, 0) is 19.4 Å². The number of carbonyl (C=O) groups is 1. The molecule has 0 saturated carbocycles. The number of nitrogens with two attached hydrogens (primary N) is 1. The van der Waals surface area contributed by atoms with Crippen LogP contribution in [0.3, 0.4) is 0 Å². The fourth-order valence-electron chi connectivity index (χ4n) is 2.27. The van der Waals surface area contributed by atoms with Gasteiger partial charge in [-0.25, -0.2) is 0 Å². The van der Waals surface area contributed by atoms with Crippen LogP contribution in [0.25, 0.3) is 0 Å². The molecule has 1 saturated heterocycles. The Morgan fingerprint density at radius 3 is 2.88 bits per heavy atom. The molecule has 94 valence electrons. The number of nitrogens with one attached hydrogen (secondary N) is 1. The molecule has 0 aromatic heterocycles. The highest BCUT2D eigenvalue weighted by atomic mass is 16.1. The zero-order chi connectivity index (χ0) is 11.8. The van der Waals surface area contributed by atoms with E-state index >= 15 is 0 Å². The minimum Gasteiger partial charge on any atom is -0.368 e. The van der Waals surface area contributed by atoms with Crippen LogP contribution in [0.15, 0.2) is 0 Å². The lowest BCUT2D eigenvalue weighted by Gasteiger charge is -2.27. The Hall–Kier alpha value is -0.610. The van der Waals surface area contributed by atoms with E-state index in [-0.39, 0.29) is 11.9 Å². The molecule has 1 fully saturated rings. The topological polar surface area (TPSA) is 58.4 Å². The summed E-state index contributed by atoms with van der Waals surface area (Å²) in [5, 5.41) is 3.34. The van der Waals surface area contributed by atoms with E-state index in [9.17, 15) is 4.79 Å². The number of hydrogen-bond donors (Lipinski definition) is 2. The van der Waals surface area contributed by atoms with Gasteiger partial charge in [0.15, 0.2) is 0 Å². The van der Waals surface area contributed by atoms with Gasteiger partial charge in [0.05, 0.1) is 6.04 Å². The van der Waals surface area contributed by atoms with Gasteiger partial charge in [0.25, 0.3) is 0 Å². The molecule has 0 spiro atoms. The van der Waals surface area contributed by atoms with Gasteiger partial charge in [0, 0.05) is 19.6 Å². The summed E-state index contributed by atoms with van der Waals surface area (Å²) in [6.45, 7) is 6.14. The molecule has 16 heavy (non-hydrogen) atoms. The first-order valence-electron chi connectivity index (χ1n) is 6.49.